The average Bonchev–Trinajstić information content (AvgIpc) is 2.30. The molecule has 0 unspecified atom stereocenters. The van der Waals surface area contributed by atoms with E-state index in [4.69, 9.17) is 0 Å². The van der Waals surface area contributed by atoms with Gasteiger partial charge in [0.25, 0.3) is 0 Å². The number of anilines is 1. The molecule has 1 aromatic rings. The highest BCUT2D eigenvalue weighted by molar-refractivity contribution is 9.10. The maximum atomic E-state index is 4.23. The number of imidazole rings is 1. The molecular weight excluding hydrogens is 218 g/mol. The summed E-state index contributed by atoms with van der Waals surface area (Å²) in [4.78, 5) is 4.23. The maximum absolute atomic E-state index is 4.23. The molecule has 0 atom stereocenters. The normalized spacial score (nSPS) is 10.8. The van der Waals surface area contributed by atoms with Gasteiger partial charge in [0.1, 0.15) is 4.60 Å². The summed E-state index contributed by atoms with van der Waals surface area (Å²) in [6.07, 6.45) is 1.81. The second kappa shape index (κ2) is 3.94. The predicted octanol–water partition coefficient (Wildman–Crippen LogP) is 2.49. The molecule has 4 heteroatoms. The van der Waals surface area contributed by atoms with Gasteiger partial charge < -0.3 is 9.88 Å². The van der Waals surface area contributed by atoms with Crippen LogP contribution in [0.15, 0.2) is 10.8 Å². The van der Waals surface area contributed by atoms with E-state index in [2.05, 4.69) is 51.6 Å². The van der Waals surface area contributed by atoms with E-state index in [0.29, 0.717) is 6.04 Å². The predicted molar refractivity (Wildman–Crippen MR) is 54.4 cm³/mol. The zero-order valence-corrected chi connectivity index (χ0v) is 9.22. The van der Waals surface area contributed by atoms with E-state index >= 15 is 0 Å². The van der Waals surface area contributed by atoms with E-state index in [1.807, 2.05) is 6.20 Å². The number of rotatable bonds is 3. The van der Waals surface area contributed by atoms with Crippen LogP contribution in [0.4, 0.5) is 5.95 Å². The third kappa shape index (κ3) is 2.00. The van der Waals surface area contributed by atoms with Crippen LogP contribution in [0.5, 0.6) is 0 Å². The monoisotopic (exact) mass is 231 g/mol. The largest absolute Gasteiger partial charge is 0.353 e. The van der Waals surface area contributed by atoms with Crippen LogP contribution in [0.25, 0.3) is 0 Å². The first-order valence-corrected chi connectivity index (χ1v) is 4.92. The molecule has 1 heterocycles. The molecule has 0 amide bonds. The molecule has 68 valence electrons. The van der Waals surface area contributed by atoms with Crippen LogP contribution in [0, 0.1) is 0 Å². The topological polar surface area (TPSA) is 29.9 Å². The van der Waals surface area contributed by atoms with Crippen LogP contribution in [0.2, 0.25) is 0 Å². The van der Waals surface area contributed by atoms with Crippen molar-refractivity contribution in [2.75, 3.05) is 5.32 Å². The lowest BCUT2D eigenvalue weighted by atomic mass is 10.4. The fraction of sp³-hybridized carbons (Fsp3) is 0.625. The second-order valence-corrected chi connectivity index (χ2v) is 3.76. The summed E-state index contributed by atoms with van der Waals surface area (Å²) in [5.41, 5.74) is 0. The Hall–Kier alpha value is -0.510. The zero-order chi connectivity index (χ0) is 9.14. The first kappa shape index (κ1) is 9.58. The van der Waals surface area contributed by atoms with Crippen molar-refractivity contribution in [3.05, 3.63) is 10.8 Å². The number of aromatic nitrogens is 2. The van der Waals surface area contributed by atoms with Gasteiger partial charge in [-0.05, 0) is 36.7 Å². The van der Waals surface area contributed by atoms with Crippen molar-refractivity contribution < 1.29 is 0 Å². The number of nitrogens with zero attached hydrogens (tertiary/aromatic N) is 2. The van der Waals surface area contributed by atoms with E-state index in [1.165, 1.54) is 0 Å². The molecular formula is C8H14BrN3. The first-order valence-electron chi connectivity index (χ1n) is 4.12. The molecule has 0 radical (unpaired) electrons. The van der Waals surface area contributed by atoms with Crippen LogP contribution in [0.1, 0.15) is 20.8 Å². The van der Waals surface area contributed by atoms with Crippen molar-refractivity contribution in [2.45, 2.75) is 33.4 Å². The van der Waals surface area contributed by atoms with Gasteiger partial charge >= 0.3 is 0 Å². The van der Waals surface area contributed by atoms with Crippen LogP contribution in [-0.4, -0.2) is 15.6 Å². The summed E-state index contributed by atoms with van der Waals surface area (Å²) in [6, 6.07) is 0.421. The van der Waals surface area contributed by atoms with Crippen LogP contribution in [-0.2, 0) is 6.54 Å². The van der Waals surface area contributed by atoms with Crippen molar-refractivity contribution in [3.63, 3.8) is 0 Å². The Kier molecular flexibility index (Phi) is 3.14. The summed E-state index contributed by atoms with van der Waals surface area (Å²) in [7, 11) is 0. The molecule has 1 rings (SSSR count). The molecule has 0 aliphatic carbocycles. The van der Waals surface area contributed by atoms with Gasteiger partial charge in [-0.1, -0.05) is 0 Å². The number of hydrogen-bond donors (Lipinski definition) is 1. The fourth-order valence-electron chi connectivity index (χ4n) is 1.03. The molecule has 0 saturated heterocycles. The minimum Gasteiger partial charge on any atom is -0.353 e. The molecule has 3 nitrogen and oxygen atoms in total. The maximum Gasteiger partial charge on any atom is 0.203 e. The van der Waals surface area contributed by atoms with E-state index in [-0.39, 0.29) is 0 Å². The smallest absolute Gasteiger partial charge is 0.203 e. The fourth-order valence-corrected chi connectivity index (χ4v) is 1.55. The van der Waals surface area contributed by atoms with E-state index in [0.717, 1.165) is 17.1 Å². The van der Waals surface area contributed by atoms with Crippen LogP contribution < -0.4 is 5.32 Å². The number of halogens is 1. The summed E-state index contributed by atoms with van der Waals surface area (Å²) in [6.45, 7) is 7.22. The van der Waals surface area contributed by atoms with Gasteiger partial charge in [0, 0.05) is 12.6 Å². The Morgan fingerprint density at radius 3 is 2.83 bits per heavy atom. The molecule has 12 heavy (non-hydrogen) atoms. The van der Waals surface area contributed by atoms with Gasteiger partial charge in [-0.25, -0.2) is 4.98 Å². The minimum atomic E-state index is 0.421. The van der Waals surface area contributed by atoms with E-state index < -0.39 is 0 Å². The van der Waals surface area contributed by atoms with Gasteiger partial charge in [-0.15, -0.1) is 0 Å². The highest BCUT2D eigenvalue weighted by Crippen LogP contribution is 2.16. The Bertz CT molecular complexity index is 255. The third-order valence-electron chi connectivity index (χ3n) is 1.54. The summed E-state index contributed by atoms with van der Waals surface area (Å²) < 4.78 is 3.10. The Morgan fingerprint density at radius 2 is 2.33 bits per heavy atom. The van der Waals surface area contributed by atoms with Crippen molar-refractivity contribution in [2.24, 2.45) is 0 Å². The van der Waals surface area contributed by atoms with Gasteiger partial charge in [0.15, 0.2) is 0 Å². The van der Waals surface area contributed by atoms with Crippen molar-refractivity contribution in [1.29, 1.82) is 0 Å². The molecule has 1 N–H and O–H groups in total. The number of hydrogen-bond acceptors (Lipinski definition) is 2. The van der Waals surface area contributed by atoms with Crippen molar-refractivity contribution in [1.82, 2.24) is 9.55 Å². The van der Waals surface area contributed by atoms with E-state index in [9.17, 15) is 0 Å². The highest BCUT2D eigenvalue weighted by atomic mass is 79.9. The quantitative estimate of drug-likeness (QED) is 0.867. The standard InChI is InChI=1S/C8H14BrN3/c1-4-12-7(9)5-10-8(12)11-6(2)3/h5-6H,4H2,1-3H3,(H,10,11). The van der Waals surface area contributed by atoms with E-state index in [1.54, 1.807) is 0 Å². The Morgan fingerprint density at radius 1 is 1.67 bits per heavy atom. The van der Waals surface area contributed by atoms with Crippen LogP contribution >= 0.6 is 15.9 Å². The summed E-state index contributed by atoms with van der Waals surface area (Å²) in [5.74, 6) is 0.930. The third-order valence-corrected chi connectivity index (χ3v) is 2.17. The van der Waals surface area contributed by atoms with Crippen LogP contribution in [0.3, 0.4) is 0 Å². The molecule has 1 aromatic heterocycles. The molecule has 0 fully saturated rings. The second-order valence-electron chi connectivity index (χ2n) is 2.95. The molecule has 0 aromatic carbocycles. The van der Waals surface area contributed by atoms with Crippen molar-refractivity contribution in [3.8, 4) is 0 Å². The summed E-state index contributed by atoms with van der Waals surface area (Å²) in [5, 5.41) is 3.27. The Balaban J connectivity index is 2.84. The molecule has 0 spiro atoms. The molecule has 0 bridgehead atoms. The highest BCUT2D eigenvalue weighted by Gasteiger charge is 2.05. The average molecular weight is 232 g/mol. The zero-order valence-electron chi connectivity index (χ0n) is 7.63. The van der Waals surface area contributed by atoms with Gasteiger partial charge in [-0.2, -0.15) is 0 Å². The lowest BCUT2D eigenvalue weighted by molar-refractivity contribution is 0.734. The molecule has 0 saturated carbocycles. The SMILES string of the molecule is CCn1c(Br)cnc1NC(C)C. The van der Waals surface area contributed by atoms with Crippen molar-refractivity contribution >= 4 is 21.9 Å². The molecule has 0 aliphatic heterocycles. The lowest BCUT2D eigenvalue weighted by Crippen LogP contribution is -2.14. The number of nitrogens with one attached hydrogen (secondary N) is 1. The summed E-state index contributed by atoms with van der Waals surface area (Å²) >= 11 is 3.43. The molecule has 0 aliphatic rings. The van der Waals surface area contributed by atoms with Gasteiger partial charge in [0.2, 0.25) is 5.95 Å². The lowest BCUT2D eigenvalue weighted by Gasteiger charge is -2.10. The van der Waals surface area contributed by atoms with Gasteiger partial charge in [-0.3, -0.25) is 0 Å². The Labute approximate surface area is 81.3 Å². The minimum absolute atomic E-state index is 0.421. The first-order chi connectivity index (χ1) is 5.65. The van der Waals surface area contributed by atoms with Gasteiger partial charge in [0.05, 0.1) is 6.20 Å².